The van der Waals surface area contributed by atoms with Gasteiger partial charge in [-0.15, -0.1) is 0 Å². The lowest BCUT2D eigenvalue weighted by atomic mass is 10.1. The number of nitrogens with zero attached hydrogens (tertiary/aromatic N) is 3. The van der Waals surface area contributed by atoms with Gasteiger partial charge < -0.3 is 14.0 Å². The van der Waals surface area contributed by atoms with Crippen LogP contribution in [0, 0.1) is 0 Å². The average Bonchev–Trinajstić information content (AvgIpc) is 3.63. The van der Waals surface area contributed by atoms with E-state index < -0.39 is 0 Å². The number of hydrogen-bond acceptors (Lipinski definition) is 2. The quantitative estimate of drug-likeness (QED) is 0.212. The van der Waals surface area contributed by atoms with Crippen LogP contribution in [0.1, 0.15) is 10.4 Å². The number of rotatable bonds is 6. The summed E-state index contributed by atoms with van der Waals surface area (Å²) in [6.45, 7) is 0. The summed E-state index contributed by atoms with van der Waals surface area (Å²) in [7, 11) is 0. The maximum absolute atomic E-state index is 11.3. The van der Waals surface area contributed by atoms with Crippen LogP contribution in [0.3, 0.4) is 0 Å². The minimum absolute atomic E-state index is 0.656. The third kappa shape index (κ3) is 4.09. The zero-order valence-corrected chi connectivity index (χ0v) is 21.2. The molecule has 5 aromatic carbocycles. The van der Waals surface area contributed by atoms with Gasteiger partial charge in [-0.3, -0.25) is 4.79 Å². The fraction of sp³-hybridized carbons (Fsp3) is 0. The second kappa shape index (κ2) is 9.51. The molecule has 2 heterocycles. The molecule has 0 spiro atoms. The first kappa shape index (κ1) is 22.8. The first-order valence-electron chi connectivity index (χ1n) is 13.0. The highest BCUT2D eigenvalue weighted by Gasteiger charge is 2.14. The molecule has 186 valence electrons. The van der Waals surface area contributed by atoms with Crippen LogP contribution in [0.4, 0.5) is 17.1 Å². The van der Waals surface area contributed by atoms with Gasteiger partial charge in [0.1, 0.15) is 6.29 Å². The predicted molar refractivity (Wildman–Crippen MR) is 160 cm³/mol. The maximum atomic E-state index is 11.3. The number of benzene rings is 5. The SMILES string of the molecule is O=Cc1ccc(N(c2ccc(-n3ccc4ccccc43)cc2)c2ccc(-n3ccc4ccccc43)cc2)cc1. The van der Waals surface area contributed by atoms with Crippen molar-refractivity contribution in [3.8, 4) is 11.4 Å². The van der Waals surface area contributed by atoms with Crippen molar-refractivity contribution in [2.24, 2.45) is 0 Å². The van der Waals surface area contributed by atoms with Crippen LogP contribution in [0.15, 0.2) is 146 Å². The summed E-state index contributed by atoms with van der Waals surface area (Å²) in [6, 6.07) is 45.9. The molecule has 4 heteroatoms. The molecular weight excluding hydrogens is 478 g/mol. The number of hydrogen-bond donors (Lipinski definition) is 0. The standard InChI is InChI=1S/C35H25N3O/c39-25-26-9-11-31(12-10-26)38(32-17-13-29(14-18-32)36-23-21-27-5-1-3-7-34(27)36)33-19-15-30(16-20-33)37-24-22-28-6-2-4-8-35(28)37/h1-25H. The third-order valence-electron chi connectivity index (χ3n) is 7.26. The van der Waals surface area contributed by atoms with Gasteiger partial charge in [0, 0.05) is 46.4 Å². The van der Waals surface area contributed by atoms with Gasteiger partial charge in [-0.1, -0.05) is 36.4 Å². The second-order valence-electron chi connectivity index (χ2n) is 9.57. The molecule has 0 aliphatic heterocycles. The van der Waals surface area contributed by atoms with Gasteiger partial charge in [0.2, 0.25) is 0 Å². The van der Waals surface area contributed by atoms with Crippen LogP contribution in [0.25, 0.3) is 33.2 Å². The van der Waals surface area contributed by atoms with E-state index in [1.807, 2.05) is 24.3 Å². The molecular formula is C35H25N3O. The first-order valence-corrected chi connectivity index (χ1v) is 13.0. The fourth-order valence-electron chi connectivity index (χ4n) is 5.29. The molecule has 7 aromatic rings. The van der Waals surface area contributed by atoms with E-state index in [0.717, 1.165) is 34.7 Å². The Morgan fingerprint density at radius 3 is 1.31 bits per heavy atom. The molecule has 0 saturated heterocycles. The van der Waals surface area contributed by atoms with Gasteiger partial charge in [0.15, 0.2) is 0 Å². The minimum Gasteiger partial charge on any atom is -0.317 e. The van der Waals surface area contributed by atoms with Crippen molar-refractivity contribution in [3.05, 3.63) is 151 Å². The number of para-hydroxylation sites is 2. The molecule has 0 saturated carbocycles. The van der Waals surface area contributed by atoms with E-state index in [0.29, 0.717) is 5.56 Å². The van der Waals surface area contributed by atoms with Gasteiger partial charge >= 0.3 is 0 Å². The van der Waals surface area contributed by atoms with Crippen molar-refractivity contribution >= 4 is 45.2 Å². The Morgan fingerprint density at radius 1 is 0.462 bits per heavy atom. The molecule has 0 atom stereocenters. The maximum Gasteiger partial charge on any atom is 0.150 e. The lowest BCUT2D eigenvalue weighted by molar-refractivity contribution is 0.112. The summed E-state index contributed by atoms with van der Waals surface area (Å²) in [5, 5.41) is 2.43. The molecule has 0 aliphatic carbocycles. The van der Waals surface area contributed by atoms with Gasteiger partial charge in [0.05, 0.1) is 11.0 Å². The predicted octanol–water partition coefficient (Wildman–Crippen LogP) is 8.86. The molecule has 0 aliphatic rings. The van der Waals surface area contributed by atoms with Crippen molar-refractivity contribution in [3.63, 3.8) is 0 Å². The van der Waals surface area contributed by atoms with Crippen molar-refractivity contribution in [1.82, 2.24) is 9.13 Å². The Kier molecular flexibility index (Phi) is 5.56. The highest BCUT2D eigenvalue weighted by molar-refractivity contribution is 5.84. The van der Waals surface area contributed by atoms with E-state index in [2.05, 4.69) is 136 Å². The zero-order valence-electron chi connectivity index (χ0n) is 21.2. The topological polar surface area (TPSA) is 30.2 Å². The van der Waals surface area contributed by atoms with Gasteiger partial charge in [-0.05, 0) is 108 Å². The van der Waals surface area contributed by atoms with Crippen LogP contribution < -0.4 is 4.90 Å². The van der Waals surface area contributed by atoms with Crippen LogP contribution in [0.5, 0.6) is 0 Å². The molecule has 0 fully saturated rings. The molecule has 0 unspecified atom stereocenters. The number of aromatic nitrogens is 2. The van der Waals surface area contributed by atoms with Crippen LogP contribution >= 0.6 is 0 Å². The van der Waals surface area contributed by atoms with Crippen molar-refractivity contribution in [1.29, 1.82) is 0 Å². The Balaban J connectivity index is 1.28. The fourth-order valence-corrected chi connectivity index (χ4v) is 5.29. The number of anilines is 3. The lowest BCUT2D eigenvalue weighted by Crippen LogP contribution is -2.10. The largest absolute Gasteiger partial charge is 0.317 e. The summed E-state index contributed by atoms with van der Waals surface area (Å²) in [4.78, 5) is 13.5. The first-order chi connectivity index (χ1) is 19.3. The molecule has 0 N–H and O–H groups in total. The summed E-state index contributed by atoms with van der Waals surface area (Å²) >= 11 is 0. The number of carbonyl (C=O) groups is 1. The van der Waals surface area contributed by atoms with Crippen LogP contribution in [-0.4, -0.2) is 15.4 Å². The van der Waals surface area contributed by atoms with Gasteiger partial charge in [-0.2, -0.15) is 0 Å². The van der Waals surface area contributed by atoms with Crippen LogP contribution in [-0.2, 0) is 0 Å². The summed E-state index contributed by atoms with van der Waals surface area (Å²) in [6.07, 6.45) is 5.10. The summed E-state index contributed by atoms with van der Waals surface area (Å²) in [5.74, 6) is 0. The van der Waals surface area contributed by atoms with E-state index in [4.69, 9.17) is 0 Å². The minimum atomic E-state index is 0.656. The smallest absolute Gasteiger partial charge is 0.150 e. The molecule has 0 amide bonds. The average molecular weight is 504 g/mol. The molecule has 2 aromatic heterocycles. The highest BCUT2D eigenvalue weighted by atomic mass is 16.1. The Labute approximate surface area is 226 Å². The second-order valence-corrected chi connectivity index (χ2v) is 9.57. The van der Waals surface area contributed by atoms with E-state index in [9.17, 15) is 4.79 Å². The highest BCUT2D eigenvalue weighted by Crippen LogP contribution is 2.36. The Hall–Kier alpha value is -5.35. The number of fused-ring (bicyclic) bond motifs is 2. The van der Waals surface area contributed by atoms with Gasteiger partial charge in [0.25, 0.3) is 0 Å². The summed E-state index contributed by atoms with van der Waals surface area (Å²) < 4.78 is 4.41. The summed E-state index contributed by atoms with van der Waals surface area (Å²) in [5.41, 5.74) is 8.28. The molecule has 0 radical (unpaired) electrons. The molecule has 39 heavy (non-hydrogen) atoms. The van der Waals surface area contributed by atoms with Gasteiger partial charge in [-0.25, -0.2) is 0 Å². The normalized spacial score (nSPS) is 11.2. The molecule has 4 nitrogen and oxygen atoms in total. The van der Waals surface area contributed by atoms with E-state index >= 15 is 0 Å². The molecule has 7 rings (SSSR count). The molecule has 0 bridgehead atoms. The zero-order chi connectivity index (χ0) is 26.2. The Morgan fingerprint density at radius 2 is 0.872 bits per heavy atom. The van der Waals surface area contributed by atoms with Crippen molar-refractivity contribution < 1.29 is 4.79 Å². The Bertz CT molecular complexity index is 1790. The number of aldehydes is 1. The lowest BCUT2D eigenvalue weighted by Gasteiger charge is -2.26. The van der Waals surface area contributed by atoms with Crippen molar-refractivity contribution in [2.45, 2.75) is 0 Å². The van der Waals surface area contributed by atoms with E-state index in [1.165, 1.54) is 21.8 Å². The van der Waals surface area contributed by atoms with Crippen molar-refractivity contribution in [2.75, 3.05) is 4.90 Å². The van der Waals surface area contributed by atoms with Crippen LogP contribution in [0.2, 0.25) is 0 Å². The van der Waals surface area contributed by atoms with E-state index in [-0.39, 0.29) is 0 Å². The monoisotopic (exact) mass is 503 g/mol. The number of carbonyl (C=O) groups excluding carboxylic acids is 1. The van der Waals surface area contributed by atoms with E-state index in [1.54, 1.807) is 0 Å². The third-order valence-corrected chi connectivity index (χ3v) is 7.26.